The van der Waals surface area contributed by atoms with Gasteiger partial charge in [0, 0.05) is 25.4 Å². The summed E-state index contributed by atoms with van der Waals surface area (Å²) >= 11 is 0. The van der Waals surface area contributed by atoms with Crippen molar-refractivity contribution in [3.05, 3.63) is 0 Å². The molecule has 1 saturated heterocycles. The van der Waals surface area contributed by atoms with Crippen molar-refractivity contribution in [2.24, 2.45) is 11.8 Å². The van der Waals surface area contributed by atoms with E-state index >= 15 is 0 Å². The lowest BCUT2D eigenvalue weighted by Crippen LogP contribution is -2.40. The van der Waals surface area contributed by atoms with Crippen molar-refractivity contribution >= 4 is 11.9 Å². The van der Waals surface area contributed by atoms with E-state index < -0.39 is 0 Å². The highest BCUT2D eigenvalue weighted by Gasteiger charge is 2.26. The Labute approximate surface area is 103 Å². The average Bonchev–Trinajstić information content (AvgIpc) is 2.35. The van der Waals surface area contributed by atoms with Crippen molar-refractivity contribution in [1.29, 1.82) is 0 Å². The Hall–Kier alpha value is -1.06. The number of carbonyl (C=O) groups excluding carboxylic acids is 2. The van der Waals surface area contributed by atoms with E-state index in [9.17, 15) is 9.59 Å². The molecular weight excluding hydrogens is 218 g/mol. The third-order valence-corrected chi connectivity index (χ3v) is 3.10. The Morgan fingerprint density at radius 1 is 1.29 bits per heavy atom. The van der Waals surface area contributed by atoms with E-state index in [-0.39, 0.29) is 12.0 Å². The molecule has 0 atom stereocenters. The zero-order valence-corrected chi connectivity index (χ0v) is 11.1. The van der Waals surface area contributed by atoms with Gasteiger partial charge in [-0.05, 0) is 18.8 Å². The van der Waals surface area contributed by atoms with Crippen LogP contribution in [0.4, 0.5) is 4.79 Å². The largest absolute Gasteiger partial charge is 0.449 e. The van der Waals surface area contributed by atoms with Gasteiger partial charge in [0.2, 0.25) is 0 Å². The Bertz CT molecular complexity index is 268. The first-order valence-electron chi connectivity index (χ1n) is 6.49. The lowest BCUT2D eigenvalue weighted by Gasteiger charge is -2.30. The molecule has 1 aliphatic rings. The predicted octanol–water partition coefficient (Wildman–Crippen LogP) is 2.47. The number of ketones is 1. The summed E-state index contributed by atoms with van der Waals surface area (Å²) in [6, 6.07) is 0. The van der Waals surface area contributed by atoms with Crippen LogP contribution in [0.5, 0.6) is 0 Å². The molecule has 17 heavy (non-hydrogen) atoms. The molecule has 1 amide bonds. The van der Waals surface area contributed by atoms with Crippen LogP contribution in [-0.2, 0) is 9.53 Å². The SMILES string of the molecule is CCC(=O)C1CCN(C(=O)OCC(C)C)CC1. The molecule has 0 radical (unpaired) electrons. The molecule has 0 bridgehead atoms. The molecule has 0 aromatic heterocycles. The Morgan fingerprint density at radius 2 is 1.88 bits per heavy atom. The van der Waals surface area contributed by atoms with Gasteiger partial charge in [0.25, 0.3) is 0 Å². The zero-order chi connectivity index (χ0) is 12.8. The fourth-order valence-corrected chi connectivity index (χ4v) is 2.00. The average molecular weight is 241 g/mol. The molecule has 1 aliphatic heterocycles. The molecule has 0 saturated carbocycles. The lowest BCUT2D eigenvalue weighted by atomic mass is 9.91. The van der Waals surface area contributed by atoms with Gasteiger partial charge in [0.1, 0.15) is 5.78 Å². The van der Waals surface area contributed by atoms with Gasteiger partial charge in [-0.15, -0.1) is 0 Å². The molecule has 1 heterocycles. The highest BCUT2D eigenvalue weighted by molar-refractivity contribution is 5.81. The molecule has 0 unspecified atom stereocenters. The van der Waals surface area contributed by atoms with Gasteiger partial charge in [-0.25, -0.2) is 4.79 Å². The maximum atomic E-state index is 11.7. The summed E-state index contributed by atoms with van der Waals surface area (Å²) in [7, 11) is 0. The van der Waals surface area contributed by atoms with Crippen molar-refractivity contribution in [2.75, 3.05) is 19.7 Å². The molecule has 0 spiro atoms. The van der Waals surface area contributed by atoms with Crippen LogP contribution in [0, 0.1) is 11.8 Å². The minimum atomic E-state index is -0.235. The van der Waals surface area contributed by atoms with Crippen LogP contribution in [0.3, 0.4) is 0 Å². The molecular formula is C13H23NO3. The summed E-state index contributed by atoms with van der Waals surface area (Å²) in [5, 5.41) is 0. The number of hydrogen-bond acceptors (Lipinski definition) is 3. The molecule has 4 nitrogen and oxygen atoms in total. The highest BCUT2D eigenvalue weighted by atomic mass is 16.6. The van der Waals surface area contributed by atoms with E-state index in [1.54, 1.807) is 4.90 Å². The number of Topliss-reactive ketones (excluding diaryl/α,β-unsaturated/α-hetero) is 1. The van der Waals surface area contributed by atoms with E-state index in [1.165, 1.54) is 0 Å². The summed E-state index contributed by atoms with van der Waals surface area (Å²) in [4.78, 5) is 24.9. The molecule has 0 aliphatic carbocycles. The molecule has 98 valence electrons. The van der Waals surface area contributed by atoms with E-state index in [4.69, 9.17) is 4.74 Å². The summed E-state index contributed by atoms with van der Waals surface area (Å²) in [6.45, 7) is 7.68. The monoisotopic (exact) mass is 241 g/mol. The fraction of sp³-hybridized carbons (Fsp3) is 0.846. The number of carbonyl (C=O) groups is 2. The molecule has 1 rings (SSSR count). The number of likely N-dealkylation sites (tertiary alicyclic amines) is 1. The van der Waals surface area contributed by atoms with Crippen molar-refractivity contribution in [3.8, 4) is 0 Å². The minimum Gasteiger partial charge on any atom is -0.449 e. The number of amides is 1. The van der Waals surface area contributed by atoms with Crippen LogP contribution in [0.15, 0.2) is 0 Å². The van der Waals surface area contributed by atoms with Gasteiger partial charge >= 0.3 is 6.09 Å². The number of nitrogens with zero attached hydrogens (tertiary/aromatic N) is 1. The molecule has 0 N–H and O–H groups in total. The predicted molar refractivity (Wildman–Crippen MR) is 65.8 cm³/mol. The third-order valence-electron chi connectivity index (χ3n) is 3.10. The van der Waals surface area contributed by atoms with E-state index in [0.717, 1.165) is 12.8 Å². The van der Waals surface area contributed by atoms with Crippen molar-refractivity contribution in [3.63, 3.8) is 0 Å². The van der Waals surface area contributed by atoms with Crippen LogP contribution in [0.1, 0.15) is 40.0 Å². The summed E-state index contributed by atoms with van der Waals surface area (Å²) < 4.78 is 5.17. The number of ether oxygens (including phenoxy) is 1. The van der Waals surface area contributed by atoms with E-state index in [1.807, 2.05) is 20.8 Å². The first-order valence-corrected chi connectivity index (χ1v) is 6.49. The van der Waals surface area contributed by atoms with Crippen LogP contribution in [0.2, 0.25) is 0 Å². The van der Waals surface area contributed by atoms with Crippen molar-refractivity contribution < 1.29 is 14.3 Å². The normalized spacial score (nSPS) is 17.3. The van der Waals surface area contributed by atoms with Gasteiger partial charge in [-0.1, -0.05) is 20.8 Å². The number of hydrogen-bond donors (Lipinski definition) is 0. The van der Waals surface area contributed by atoms with Crippen LogP contribution in [-0.4, -0.2) is 36.5 Å². The second-order valence-corrected chi connectivity index (χ2v) is 5.05. The second kappa shape index (κ2) is 6.62. The molecule has 1 fully saturated rings. The van der Waals surface area contributed by atoms with Crippen LogP contribution >= 0.6 is 0 Å². The molecule has 0 aromatic carbocycles. The first-order chi connectivity index (χ1) is 8.04. The maximum absolute atomic E-state index is 11.7. The molecule has 4 heteroatoms. The minimum absolute atomic E-state index is 0.147. The smallest absolute Gasteiger partial charge is 0.409 e. The van der Waals surface area contributed by atoms with Crippen LogP contribution < -0.4 is 0 Å². The number of piperidine rings is 1. The number of rotatable bonds is 4. The van der Waals surface area contributed by atoms with Gasteiger partial charge in [-0.2, -0.15) is 0 Å². The molecule has 0 aromatic rings. The fourth-order valence-electron chi connectivity index (χ4n) is 2.00. The highest BCUT2D eigenvalue weighted by Crippen LogP contribution is 2.19. The van der Waals surface area contributed by atoms with Crippen molar-refractivity contribution in [1.82, 2.24) is 4.90 Å². The van der Waals surface area contributed by atoms with Crippen LogP contribution in [0.25, 0.3) is 0 Å². The van der Waals surface area contributed by atoms with Gasteiger partial charge in [-0.3, -0.25) is 4.79 Å². The third kappa shape index (κ3) is 4.36. The quantitative estimate of drug-likeness (QED) is 0.759. The lowest BCUT2D eigenvalue weighted by molar-refractivity contribution is -0.123. The zero-order valence-electron chi connectivity index (χ0n) is 11.1. The maximum Gasteiger partial charge on any atom is 0.409 e. The van der Waals surface area contributed by atoms with Crippen molar-refractivity contribution in [2.45, 2.75) is 40.0 Å². The van der Waals surface area contributed by atoms with Gasteiger partial charge in [0.05, 0.1) is 6.61 Å². The summed E-state index contributed by atoms with van der Waals surface area (Å²) in [6.07, 6.45) is 1.93. The summed E-state index contributed by atoms with van der Waals surface area (Å²) in [5.41, 5.74) is 0. The van der Waals surface area contributed by atoms with E-state index in [2.05, 4.69) is 0 Å². The second-order valence-electron chi connectivity index (χ2n) is 5.05. The Kier molecular flexibility index (Phi) is 5.45. The first kappa shape index (κ1) is 14.0. The summed E-state index contributed by atoms with van der Waals surface area (Å²) in [5.74, 6) is 0.826. The standard InChI is InChI=1S/C13H23NO3/c1-4-12(15)11-5-7-14(8-6-11)13(16)17-9-10(2)3/h10-11H,4-9H2,1-3H3. The van der Waals surface area contributed by atoms with Gasteiger partial charge in [0.15, 0.2) is 0 Å². The topological polar surface area (TPSA) is 46.6 Å². The Balaban J connectivity index is 2.31. The van der Waals surface area contributed by atoms with Gasteiger partial charge < -0.3 is 9.64 Å². The van der Waals surface area contributed by atoms with E-state index in [0.29, 0.717) is 37.8 Å². The Morgan fingerprint density at radius 3 is 2.35 bits per heavy atom.